The lowest BCUT2D eigenvalue weighted by atomic mass is 10.1. The molecule has 0 amide bonds. The van der Waals surface area contributed by atoms with Crippen LogP contribution in [0.5, 0.6) is 11.5 Å². The Balaban J connectivity index is 1.52. The molecule has 3 rings (SSSR count). The number of aromatic nitrogens is 1. The van der Waals surface area contributed by atoms with Gasteiger partial charge in [-0.2, -0.15) is 0 Å². The molecule has 0 spiro atoms. The van der Waals surface area contributed by atoms with Crippen LogP contribution in [0.2, 0.25) is 0 Å². The van der Waals surface area contributed by atoms with Gasteiger partial charge in [-0.15, -0.1) is 0 Å². The predicted molar refractivity (Wildman–Crippen MR) is 147 cm³/mol. The number of ether oxygens (including phenoxy) is 4. The second-order valence-corrected chi connectivity index (χ2v) is 7.87. The number of nitrogens with zero attached hydrogens (tertiary/aromatic N) is 1. The van der Waals surface area contributed by atoms with Crippen LogP contribution in [0.25, 0.3) is 0 Å². The smallest absolute Gasteiger partial charge is 0.330 e. The van der Waals surface area contributed by atoms with Crippen LogP contribution in [0.1, 0.15) is 27.9 Å². The van der Waals surface area contributed by atoms with Crippen molar-refractivity contribution < 1.29 is 28.5 Å². The van der Waals surface area contributed by atoms with Crippen LogP contribution in [0.3, 0.4) is 0 Å². The van der Waals surface area contributed by atoms with Crippen molar-refractivity contribution in [1.29, 1.82) is 0 Å². The summed E-state index contributed by atoms with van der Waals surface area (Å²) in [7, 11) is 0. The first-order chi connectivity index (χ1) is 19.0. The minimum atomic E-state index is -0.478. The average Bonchev–Trinajstić information content (AvgIpc) is 2.96. The van der Waals surface area contributed by atoms with Gasteiger partial charge in [0.15, 0.2) is 0 Å². The van der Waals surface area contributed by atoms with E-state index in [-0.39, 0.29) is 26.4 Å². The van der Waals surface area contributed by atoms with Gasteiger partial charge >= 0.3 is 11.9 Å². The summed E-state index contributed by atoms with van der Waals surface area (Å²) in [6, 6.07) is 16.5. The van der Waals surface area contributed by atoms with Crippen LogP contribution in [0.4, 0.5) is 0 Å². The molecule has 196 valence electrons. The Hall–Kier alpha value is -5.27. The van der Waals surface area contributed by atoms with Crippen molar-refractivity contribution in [2.24, 2.45) is 0 Å². The molecule has 2 aromatic carbocycles. The van der Waals surface area contributed by atoms with Crippen LogP contribution in [0, 0.1) is 30.6 Å². The van der Waals surface area contributed by atoms with Gasteiger partial charge < -0.3 is 18.9 Å². The van der Waals surface area contributed by atoms with Gasteiger partial charge in [-0.1, -0.05) is 30.9 Å². The molecular formula is C32H27NO6. The standard InChI is InChI=1S/C32H27NO6/c1-4-31(34)38-20-18-36-29-14-8-25(9-15-29)6-12-27-23-33-28(22-24(27)3)13-7-26-10-16-30(17-11-26)37-19-21-39-32(35)5-2/h4-5,8-11,14-17,22-23H,1-2,18-21H2,3H3. The minimum absolute atomic E-state index is 0.150. The van der Waals surface area contributed by atoms with Crippen LogP contribution in [-0.4, -0.2) is 43.4 Å². The normalized spacial score (nSPS) is 9.56. The molecule has 7 heteroatoms. The molecule has 1 aromatic heterocycles. The van der Waals surface area contributed by atoms with Gasteiger partial charge in [-0.3, -0.25) is 0 Å². The molecule has 0 aliphatic heterocycles. The highest BCUT2D eigenvalue weighted by Gasteiger charge is 2.00. The van der Waals surface area contributed by atoms with E-state index in [1.807, 2.05) is 49.4 Å². The number of hydrogen-bond acceptors (Lipinski definition) is 7. The third-order valence-electron chi connectivity index (χ3n) is 5.02. The SMILES string of the molecule is C=CC(=O)OCCOc1ccc(C#Cc2cc(C)c(C#Cc3ccc(OCCOC(=O)C=C)cc3)cn2)cc1. The van der Waals surface area contributed by atoms with E-state index in [0.29, 0.717) is 17.2 Å². The molecule has 0 N–H and O–H groups in total. The van der Waals surface area contributed by atoms with Crippen molar-refractivity contribution >= 4 is 11.9 Å². The Morgan fingerprint density at radius 3 is 1.69 bits per heavy atom. The van der Waals surface area contributed by atoms with E-state index < -0.39 is 11.9 Å². The molecule has 1 heterocycles. The highest BCUT2D eigenvalue weighted by atomic mass is 16.6. The number of esters is 2. The molecule has 0 bridgehead atoms. The van der Waals surface area contributed by atoms with Crippen molar-refractivity contribution in [3.05, 3.63) is 114 Å². The number of benzene rings is 2. The highest BCUT2D eigenvalue weighted by Crippen LogP contribution is 2.13. The summed E-state index contributed by atoms with van der Waals surface area (Å²) in [5, 5.41) is 0. The van der Waals surface area contributed by atoms with Crippen LogP contribution >= 0.6 is 0 Å². The Kier molecular flexibility index (Phi) is 11.0. The first-order valence-corrected chi connectivity index (χ1v) is 12.0. The number of carbonyl (C=O) groups excluding carboxylic acids is 2. The van der Waals surface area contributed by atoms with Gasteiger partial charge in [0, 0.05) is 35.0 Å². The Labute approximate surface area is 228 Å². The van der Waals surface area contributed by atoms with Crippen LogP contribution < -0.4 is 9.47 Å². The molecule has 0 saturated heterocycles. The largest absolute Gasteiger partial charge is 0.490 e. The van der Waals surface area contributed by atoms with Gasteiger partial charge in [-0.05, 0) is 73.0 Å². The first kappa shape index (κ1) is 28.3. The zero-order chi connectivity index (χ0) is 27.9. The topological polar surface area (TPSA) is 84.0 Å². The van der Waals surface area contributed by atoms with Gasteiger partial charge in [0.2, 0.25) is 0 Å². The molecule has 39 heavy (non-hydrogen) atoms. The molecule has 0 atom stereocenters. The van der Waals surface area contributed by atoms with E-state index >= 15 is 0 Å². The fourth-order valence-corrected chi connectivity index (χ4v) is 3.02. The van der Waals surface area contributed by atoms with E-state index in [0.717, 1.165) is 34.4 Å². The number of rotatable bonds is 10. The van der Waals surface area contributed by atoms with E-state index in [4.69, 9.17) is 18.9 Å². The third-order valence-corrected chi connectivity index (χ3v) is 5.02. The Morgan fingerprint density at radius 2 is 1.23 bits per heavy atom. The molecule has 0 radical (unpaired) electrons. The summed E-state index contributed by atoms with van der Waals surface area (Å²) < 4.78 is 20.8. The highest BCUT2D eigenvalue weighted by molar-refractivity contribution is 5.81. The maximum absolute atomic E-state index is 11.0. The zero-order valence-corrected chi connectivity index (χ0v) is 21.6. The van der Waals surface area contributed by atoms with Crippen molar-refractivity contribution in [2.75, 3.05) is 26.4 Å². The minimum Gasteiger partial charge on any atom is -0.490 e. The fourth-order valence-electron chi connectivity index (χ4n) is 3.02. The van der Waals surface area contributed by atoms with Gasteiger partial charge in [-0.25, -0.2) is 14.6 Å². The Bertz CT molecular complexity index is 1430. The third kappa shape index (κ3) is 9.95. The zero-order valence-electron chi connectivity index (χ0n) is 21.6. The van der Waals surface area contributed by atoms with Gasteiger partial charge in [0.25, 0.3) is 0 Å². The van der Waals surface area contributed by atoms with E-state index in [1.54, 1.807) is 18.3 Å². The monoisotopic (exact) mass is 521 g/mol. The number of aryl methyl sites for hydroxylation is 1. The summed E-state index contributed by atoms with van der Waals surface area (Å²) in [5.41, 5.74) is 4.06. The maximum atomic E-state index is 11.0. The number of carbonyl (C=O) groups is 2. The molecule has 0 aliphatic rings. The lowest BCUT2D eigenvalue weighted by molar-refractivity contribution is -0.139. The second kappa shape index (κ2) is 15.1. The molecule has 0 unspecified atom stereocenters. The maximum Gasteiger partial charge on any atom is 0.330 e. The molecular weight excluding hydrogens is 494 g/mol. The van der Waals surface area contributed by atoms with Gasteiger partial charge in [0.1, 0.15) is 43.6 Å². The molecule has 0 aliphatic carbocycles. The lowest BCUT2D eigenvalue weighted by Crippen LogP contribution is -2.10. The summed E-state index contributed by atoms with van der Waals surface area (Å²) >= 11 is 0. The molecule has 0 saturated carbocycles. The summed E-state index contributed by atoms with van der Waals surface area (Å²) in [6.07, 6.45) is 3.94. The van der Waals surface area contributed by atoms with E-state index in [2.05, 4.69) is 41.8 Å². The van der Waals surface area contributed by atoms with Crippen molar-refractivity contribution in [2.45, 2.75) is 6.92 Å². The molecule has 3 aromatic rings. The second-order valence-electron chi connectivity index (χ2n) is 7.87. The predicted octanol–water partition coefficient (Wildman–Crippen LogP) is 4.41. The van der Waals surface area contributed by atoms with Crippen molar-refractivity contribution in [3.63, 3.8) is 0 Å². The summed E-state index contributed by atoms with van der Waals surface area (Å²) in [5.74, 6) is 12.8. The van der Waals surface area contributed by atoms with Crippen molar-refractivity contribution in [1.82, 2.24) is 4.98 Å². The Morgan fingerprint density at radius 1 is 0.744 bits per heavy atom. The average molecular weight is 522 g/mol. The summed E-state index contributed by atoms with van der Waals surface area (Å²) in [4.78, 5) is 26.5. The van der Waals surface area contributed by atoms with Crippen LogP contribution in [0.15, 0.2) is 86.1 Å². The fraction of sp³-hybridized carbons (Fsp3) is 0.156. The molecule has 0 fully saturated rings. The summed E-state index contributed by atoms with van der Waals surface area (Å²) in [6.45, 7) is 9.44. The van der Waals surface area contributed by atoms with E-state index in [1.165, 1.54) is 0 Å². The number of pyridine rings is 1. The molecule has 7 nitrogen and oxygen atoms in total. The van der Waals surface area contributed by atoms with E-state index in [9.17, 15) is 9.59 Å². The number of hydrogen-bond donors (Lipinski definition) is 0. The van der Waals surface area contributed by atoms with Crippen LogP contribution in [-0.2, 0) is 19.1 Å². The van der Waals surface area contributed by atoms with Gasteiger partial charge in [0.05, 0.1) is 0 Å². The quantitative estimate of drug-likeness (QED) is 0.169. The van der Waals surface area contributed by atoms with Crippen molar-refractivity contribution in [3.8, 4) is 35.2 Å². The first-order valence-electron chi connectivity index (χ1n) is 12.0. The lowest BCUT2D eigenvalue weighted by Gasteiger charge is -2.06.